The van der Waals surface area contributed by atoms with E-state index in [1.807, 2.05) is 36.4 Å². The van der Waals surface area contributed by atoms with Crippen LogP contribution >= 0.6 is 11.6 Å². The van der Waals surface area contributed by atoms with E-state index in [4.69, 9.17) is 16.3 Å². The van der Waals surface area contributed by atoms with Crippen molar-refractivity contribution in [2.24, 2.45) is 5.92 Å². The van der Waals surface area contributed by atoms with Crippen molar-refractivity contribution in [3.05, 3.63) is 65.1 Å². The Bertz CT molecular complexity index is 1010. The number of ether oxygens (including phenoxy) is 1. The topological polar surface area (TPSA) is 64.1 Å². The van der Waals surface area contributed by atoms with Gasteiger partial charge in [-0.2, -0.15) is 0 Å². The molecule has 0 radical (unpaired) electrons. The number of anilines is 1. The molecule has 1 aliphatic rings. The van der Waals surface area contributed by atoms with Gasteiger partial charge < -0.3 is 10.1 Å². The second-order valence-corrected chi connectivity index (χ2v) is 7.75. The molecule has 5 nitrogen and oxygen atoms in total. The van der Waals surface area contributed by atoms with Gasteiger partial charge in [-0.3, -0.25) is 9.78 Å². The highest BCUT2D eigenvalue weighted by Gasteiger charge is 2.44. The van der Waals surface area contributed by atoms with E-state index in [2.05, 4.69) is 22.2 Å². The molecule has 1 N–H and O–H groups in total. The van der Waals surface area contributed by atoms with Crippen molar-refractivity contribution in [1.82, 2.24) is 9.97 Å². The lowest BCUT2D eigenvalue weighted by atomic mass is 9.99. The molecular weight excluding hydrogens is 374 g/mol. The predicted molar refractivity (Wildman–Crippen MR) is 111 cm³/mol. The van der Waals surface area contributed by atoms with E-state index in [1.54, 1.807) is 19.5 Å². The second kappa shape index (κ2) is 7.86. The summed E-state index contributed by atoms with van der Waals surface area (Å²) in [6.45, 7) is 2.67. The van der Waals surface area contributed by atoms with Crippen molar-refractivity contribution in [2.45, 2.75) is 25.2 Å². The lowest BCUT2D eigenvalue weighted by molar-refractivity contribution is -0.117. The number of carbonyl (C=O) groups is 1. The fraction of sp³-hybridized carbons (Fsp3) is 0.318. The molecule has 1 amide bonds. The standard InChI is InChI=1S/C22H22ClN3O2/c1-13(12-28-2)16-7-14-9-21(25-11-15(14)8-19(16)23)26-22(27)18-10-17(18)20-5-3-4-6-24-20/h3-9,11,13,17-18H,10,12H2,1-2H3,(H,25,26,27)/t13-,17?,18?/m0/s1. The number of rotatable bonds is 6. The number of benzene rings is 1. The molecule has 1 aromatic carbocycles. The lowest BCUT2D eigenvalue weighted by Crippen LogP contribution is -2.15. The van der Waals surface area contributed by atoms with Crippen molar-refractivity contribution in [2.75, 3.05) is 19.0 Å². The maximum atomic E-state index is 12.6. The lowest BCUT2D eigenvalue weighted by Gasteiger charge is -2.14. The fourth-order valence-corrected chi connectivity index (χ4v) is 3.95. The van der Waals surface area contributed by atoms with Crippen LogP contribution in [0.1, 0.15) is 36.4 Å². The molecule has 3 aromatic rings. The molecule has 2 unspecified atom stereocenters. The van der Waals surface area contributed by atoms with Crippen LogP contribution in [0.15, 0.2) is 48.8 Å². The molecular formula is C22H22ClN3O2. The van der Waals surface area contributed by atoms with Crippen LogP contribution in [0, 0.1) is 5.92 Å². The molecule has 2 heterocycles. The van der Waals surface area contributed by atoms with Crippen molar-refractivity contribution >= 4 is 34.1 Å². The summed E-state index contributed by atoms with van der Waals surface area (Å²) in [4.78, 5) is 21.3. The van der Waals surface area contributed by atoms with Crippen LogP contribution in [0.3, 0.4) is 0 Å². The molecule has 0 spiro atoms. The smallest absolute Gasteiger partial charge is 0.229 e. The number of halogens is 1. The molecule has 28 heavy (non-hydrogen) atoms. The van der Waals surface area contributed by atoms with Crippen LogP contribution in [0.2, 0.25) is 5.02 Å². The van der Waals surface area contributed by atoms with Gasteiger partial charge in [0, 0.05) is 53.4 Å². The highest BCUT2D eigenvalue weighted by Crippen LogP contribution is 2.47. The molecule has 144 valence electrons. The second-order valence-electron chi connectivity index (χ2n) is 7.34. The Morgan fingerprint density at radius 1 is 1.29 bits per heavy atom. The third kappa shape index (κ3) is 3.86. The van der Waals surface area contributed by atoms with Crippen LogP contribution in [0.4, 0.5) is 5.82 Å². The van der Waals surface area contributed by atoms with Gasteiger partial charge in [0.05, 0.1) is 6.61 Å². The third-order valence-corrected chi connectivity index (χ3v) is 5.56. The van der Waals surface area contributed by atoms with Gasteiger partial charge >= 0.3 is 0 Å². The summed E-state index contributed by atoms with van der Waals surface area (Å²) < 4.78 is 5.25. The molecule has 1 aliphatic carbocycles. The Kier molecular flexibility index (Phi) is 5.29. The van der Waals surface area contributed by atoms with Crippen LogP contribution in [0.5, 0.6) is 0 Å². The summed E-state index contributed by atoms with van der Waals surface area (Å²) >= 11 is 6.42. The van der Waals surface area contributed by atoms with Crippen molar-refractivity contribution in [3.63, 3.8) is 0 Å². The molecule has 1 saturated carbocycles. The summed E-state index contributed by atoms with van der Waals surface area (Å²) in [7, 11) is 1.68. The first-order valence-electron chi connectivity index (χ1n) is 9.36. The molecule has 4 rings (SSSR count). The Balaban J connectivity index is 1.51. The van der Waals surface area contributed by atoms with E-state index in [1.165, 1.54) is 0 Å². The normalized spacial score (nSPS) is 19.4. The summed E-state index contributed by atoms with van der Waals surface area (Å²) in [6.07, 6.45) is 4.33. The molecule has 2 aromatic heterocycles. The summed E-state index contributed by atoms with van der Waals surface area (Å²) in [5, 5.41) is 5.58. The Morgan fingerprint density at radius 2 is 2.14 bits per heavy atom. The molecule has 1 fully saturated rings. The van der Waals surface area contributed by atoms with Gasteiger partial charge in [-0.15, -0.1) is 0 Å². The number of fused-ring (bicyclic) bond motifs is 1. The zero-order valence-electron chi connectivity index (χ0n) is 15.9. The zero-order valence-corrected chi connectivity index (χ0v) is 16.6. The number of aromatic nitrogens is 2. The van der Waals surface area contributed by atoms with Crippen LogP contribution < -0.4 is 5.32 Å². The Morgan fingerprint density at radius 3 is 2.89 bits per heavy atom. The maximum Gasteiger partial charge on any atom is 0.229 e. The Labute approximate surface area is 169 Å². The molecule has 0 saturated heterocycles. The quantitative estimate of drug-likeness (QED) is 0.652. The average Bonchev–Trinajstić information content (AvgIpc) is 3.49. The number of hydrogen-bond acceptors (Lipinski definition) is 4. The van der Waals surface area contributed by atoms with E-state index in [-0.39, 0.29) is 23.7 Å². The van der Waals surface area contributed by atoms with Crippen molar-refractivity contribution < 1.29 is 9.53 Å². The highest BCUT2D eigenvalue weighted by molar-refractivity contribution is 6.32. The van der Waals surface area contributed by atoms with Gasteiger partial charge in [0.1, 0.15) is 5.82 Å². The first kappa shape index (κ1) is 18.8. The van der Waals surface area contributed by atoms with E-state index < -0.39 is 0 Å². The number of methoxy groups -OCH3 is 1. The van der Waals surface area contributed by atoms with E-state index in [0.717, 1.165) is 28.5 Å². The van der Waals surface area contributed by atoms with Crippen LogP contribution in [-0.2, 0) is 9.53 Å². The first-order valence-corrected chi connectivity index (χ1v) is 9.74. The van der Waals surface area contributed by atoms with Crippen molar-refractivity contribution in [1.29, 1.82) is 0 Å². The largest absolute Gasteiger partial charge is 0.384 e. The summed E-state index contributed by atoms with van der Waals surface area (Å²) in [5.41, 5.74) is 2.00. The number of carbonyl (C=O) groups excluding carboxylic acids is 1. The van der Waals surface area contributed by atoms with Crippen LogP contribution in [-0.4, -0.2) is 29.6 Å². The Hall–Kier alpha value is -2.50. The molecule has 6 heteroatoms. The molecule has 3 atom stereocenters. The highest BCUT2D eigenvalue weighted by atomic mass is 35.5. The van der Waals surface area contributed by atoms with Gasteiger partial charge in [0.15, 0.2) is 0 Å². The number of hydrogen-bond donors (Lipinski definition) is 1. The number of pyridine rings is 2. The number of nitrogens with one attached hydrogen (secondary N) is 1. The van der Waals surface area contributed by atoms with Gasteiger partial charge in [-0.1, -0.05) is 24.6 Å². The minimum Gasteiger partial charge on any atom is -0.384 e. The average molecular weight is 396 g/mol. The zero-order chi connectivity index (χ0) is 19.7. The number of nitrogens with zero attached hydrogens (tertiary/aromatic N) is 2. The predicted octanol–water partition coefficient (Wildman–Crippen LogP) is 4.78. The maximum absolute atomic E-state index is 12.6. The van der Waals surface area contributed by atoms with E-state index in [0.29, 0.717) is 17.4 Å². The van der Waals surface area contributed by atoms with Gasteiger partial charge in [0.25, 0.3) is 0 Å². The monoisotopic (exact) mass is 395 g/mol. The fourth-order valence-electron chi connectivity index (χ4n) is 3.60. The third-order valence-electron chi connectivity index (χ3n) is 5.23. The molecule has 0 bridgehead atoms. The van der Waals surface area contributed by atoms with Gasteiger partial charge in [-0.05, 0) is 47.7 Å². The minimum atomic E-state index is -0.0464. The summed E-state index contributed by atoms with van der Waals surface area (Å²) in [6, 6.07) is 11.7. The van der Waals surface area contributed by atoms with Crippen molar-refractivity contribution in [3.8, 4) is 0 Å². The van der Waals surface area contributed by atoms with E-state index >= 15 is 0 Å². The van der Waals surface area contributed by atoms with Gasteiger partial charge in [-0.25, -0.2) is 4.98 Å². The van der Waals surface area contributed by atoms with E-state index in [9.17, 15) is 4.79 Å². The van der Waals surface area contributed by atoms with Gasteiger partial charge in [0.2, 0.25) is 5.91 Å². The molecule has 0 aliphatic heterocycles. The SMILES string of the molecule is COC[C@H](C)c1cc2cc(NC(=O)C3CC3c3ccccn3)ncc2cc1Cl. The summed E-state index contributed by atoms with van der Waals surface area (Å²) in [5.74, 6) is 0.872. The van der Waals surface area contributed by atoms with Crippen LogP contribution in [0.25, 0.3) is 10.8 Å². The first-order chi connectivity index (χ1) is 13.6. The number of amides is 1. The minimum absolute atomic E-state index is 0.00978.